The average molecular weight is 232 g/mol. The molecule has 0 N–H and O–H groups in total. The predicted octanol–water partition coefficient (Wildman–Crippen LogP) is 2.67. The van der Waals surface area contributed by atoms with Crippen LogP contribution in [0.5, 0.6) is 0 Å². The molecule has 1 aromatic heterocycles. The van der Waals surface area contributed by atoms with Crippen LogP contribution in [-0.2, 0) is 0 Å². The van der Waals surface area contributed by atoms with Crippen molar-refractivity contribution >= 4 is 29.1 Å². The lowest BCUT2D eigenvalue weighted by Gasteiger charge is -2.35. The van der Waals surface area contributed by atoms with Gasteiger partial charge in [0, 0.05) is 13.1 Å². The highest BCUT2D eigenvalue weighted by Gasteiger charge is 2.25. The zero-order valence-electron chi connectivity index (χ0n) is 8.40. The summed E-state index contributed by atoms with van der Waals surface area (Å²) in [6, 6.07) is 0. The van der Waals surface area contributed by atoms with Gasteiger partial charge in [-0.1, -0.05) is 25.4 Å². The third-order valence-corrected chi connectivity index (χ3v) is 3.94. The highest BCUT2D eigenvalue weighted by Crippen LogP contribution is 2.29. The zero-order valence-corrected chi connectivity index (χ0v) is 9.98. The van der Waals surface area contributed by atoms with Crippen LogP contribution >= 0.6 is 23.3 Å². The summed E-state index contributed by atoms with van der Waals surface area (Å²) in [5.74, 6) is 2.38. The molecule has 5 heteroatoms. The molecule has 0 radical (unpaired) electrons. The lowest BCUT2D eigenvalue weighted by Crippen LogP contribution is -2.38. The Labute approximate surface area is 93.4 Å². The maximum Gasteiger partial charge on any atom is 0.187 e. The molecular formula is C9H14ClN3S. The summed E-state index contributed by atoms with van der Waals surface area (Å²) in [6.45, 7) is 6.69. The van der Waals surface area contributed by atoms with Gasteiger partial charge in [0.1, 0.15) is 0 Å². The van der Waals surface area contributed by atoms with E-state index >= 15 is 0 Å². The molecule has 0 aromatic carbocycles. The molecule has 2 atom stereocenters. The molecule has 0 bridgehead atoms. The van der Waals surface area contributed by atoms with Crippen LogP contribution in [0.4, 0.5) is 5.82 Å². The second-order valence-corrected chi connectivity index (χ2v) is 4.95. The molecule has 2 heterocycles. The van der Waals surface area contributed by atoms with Crippen LogP contribution in [0, 0.1) is 11.8 Å². The third kappa shape index (κ3) is 1.86. The fourth-order valence-electron chi connectivity index (χ4n) is 1.82. The highest BCUT2D eigenvalue weighted by atomic mass is 35.5. The van der Waals surface area contributed by atoms with E-state index in [1.165, 1.54) is 18.1 Å². The first-order valence-electron chi connectivity index (χ1n) is 4.91. The van der Waals surface area contributed by atoms with Gasteiger partial charge in [-0.2, -0.15) is 8.75 Å². The molecule has 0 spiro atoms. The third-order valence-electron chi connectivity index (χ3n) is 3.07. The molecule has 0 aliphatic carbocycles. The minimum atomic E-state index is 0.553. The number of hydrogen-bond acceptors (Lipinski definition) is 4. The molecule has 78 valence electrons. The fraction of sp³-hybridized carbons (Fsp3) is 0.778. The molecule has 0 amide bonds. The van der Waals surface area contributed by atoms with E-state index in [4.69, 9.17) is 11.6 Å². The number of nitrogens with zero attached hydrogens (tertiary/aromatic N) is 3. The van der Waals surface area contributed by atoms with Crippen LogP contribution in [0.25, 0.3) is 0 Å². The molecule has 0 saturated carbocycles. The monoisotopic (exact) mass is 231 g/mol. The number of aromatic nitrogens is 2. The van der Waals surface area contributed by atoms with Gasteiger partial charge in [-0.15, -0.1) is 0 Å². The number of anilines is 1. The van der Waals surface area contributed by atoms with Crippen molar-refractivity contribution in [2.24, 2.45) is 11.8 Å². The Morgan fingerprint density at radius 2 is 2.14 bits per heavy atom. The van der Waals surface area contributed by atoms with Gasteiger partial charge in [-0.05, 0) is 18.3 Å². The predicted molar refractivity (Wildman–Crippen MR) is 60.1 cm³/mol. The van der Waals surface area contributed by atoms with Crippen LogP contribution in [0.2, 0.25) is 5.15 Å². The second-order valence-electron chi connectivity index (χ2n) is 4.07. The molecule has 3 nitrogen and oxygen atoms in total. The summed E-state index contributed by atoms with van der Waals surface area (Å²) in [5.41, 5.74) is 0. The van der Waals surface area contributed by atoms with Crippen molar-refractivity contribution < 1.29 is 0 Å². The van der Waals surface area contributed by atoms with E-state index in [0.29, 0.717) is 11.1 Å². The van der Waals surface area contributed by atoms with Gasteiger partial charge in [0.2, 0.25) is 0 Å². The normalized spacial score (nSPS) is 28.1. The fourth-order valence-corrected chi connectivity index (χ4v) is 2.59. The Bertz CT molecular complexity index is 315. The first-order valence-corrected chi connectivity index (χ1v) is 6.02. The van der Waals surface area contributed by atoms with Crippen LogP contribution in [0.3, 0.4) is 0 Å². The van der Waals surface area contributed by atoms with Crippen molar-refractivity contribution in [1.82, 2.24) is 8.75 Å². The largest absolute Gasteiger partial charge is 0.353 e. The zero-order chi connectivity index (χ0) is 10.1. The molecule has 2 rings (SSSR count). The van der Waals surface area contributed by atoms with Gasteiger partial charge in [0.05, 0.1) is 11.7 Å². The minimum absolute atomic E-state index is 0.553. The number of halogens is 1. The summed E-state index contributed by atoms with van der Waals surface area (Å²) in [4.78, 5) is 2.25. The van der Waals surface area contributed by atoms with E-state index in [2.05, 4.69) is 27.5 Å². The summed E-state index contributed by atoms with van der Waals surface area (Å²) in [6.07, 6.45) is 1.22. The summed E-state index contributed by atoms with van der Waals surface area (Å²) < 4.78 is 8.21. The summed E-state index contributed by atoms with van der Waals surface area (Å²) in [7, 11) is 0. The maximum absolute atomic E-state index is 5.95. The average Bonchev–Trinajstić information content (AvgIpc) is 2.57. The van der Waals surface area contributed by atoms with Crippen LogP contribution < -0.4 is 4.90 Å². The van der Waals surface area contributed by atoms with Gasteiger partial charge in [0.25, 0.3) is 0 Å². The Morgan fingerprint density at radius 3 is 2.71 bits per heavy atom. The Kier molecular flexibility index (Phi) is 2.93. The van der Waals surface area contributed by atoms with E-state index in [0.717, 1.165) is 24.8 Å². The molecule has 1 aliphatic heterocycles. The van der Waals surface area contributed by atoms with E-state index in [1.807, 2.05) is 0 Å². The Morgan fingerprint density at radius 1 is 1.36 bits per heavy atom. The van der Waals surface area contributed by atoms with Gasteiger partial charge in [0.15, 0.2) is 11.0 Å². The SMILES string of the molecule is CC1CCN(c2nsnc2Cl)CC1C. The lowest BCUT2D eigenvalue weighted by molar-refractivity contribution is 0.323. The van der Waals surface area contributed by atoms with Crippen LogP contribution in [0.15, 0.2) is 0 Å². The Balaban J connectivity index is 2.10. The molecule has 14 heavy (non-hydrogen) atoms. The van der Waals surface area contributed by atoms with Crippen molar-refractivity contribution in [1.29, 1.82) is 0 Å². The van der Waals surface area contributed by atoms with Crippen molar-refractivity contribution in [3.63, 3.8) is 0 Å². The number of hydrogen-bond donors (Lipinski definition) is 0. The molecular weight excluding hydrogens is 218 g/mol. The second kappa shape index (κ2) is 4.03. The molecule has 1 fully saturated rings. The van der Waals surface area contributed by atoms with E-state index < -0.39 is 0 Å². The van der Waals surface area contributed by atoms with Gasteiger partial charge in [-0.3, -0.25) is 0 Å². The number of piperidine rings is 1. The first kappa shape index (κ1) is 10.2. The van der Waals surface area contributed by atoms with E-state index in [-0.39, 0.29) is 0 Å². The molecule has 1 aliphatic rings. The summed E-state index contributed by atoms with van der Waals surface area (Å²) >= 11 is 7.14. The smallest absolute Gasteiger partial charge is 0.187 e. The van der Waals surface area contributed by atoms with Gasteiger partial charge in [-0.25, -0.2) is 0 Å². The van der Waals surface area contributed by atoms with E-state index in [9.17, 15) is 0 Å². The Hall–Kier alpha value is -0.350. The van der Waals surface area contributed by atoms with Crippen molar-refractivity contribution in [3.8, 4) is 0 Å². The van der Waals surface area contributed by atoms with Crippen LogP contribution in [0.1, 0.15) is 20.3 Å². The topological polar surface area (TPSA) is 29.0 Å². The van der Waals surface area contributed by atoms with Gasteiger partial charge >= 0.3 is 0 Å². The summed E-state index contributed by atoms with van der Waals surface area (Å²) in [5, 5.41) is 0.553. The number of rotatable bonds is 1. The molecule has 1 aromatic rings. The minimum Gasteiger partial charge on any atom is -0.353 e. The maximum atomic E-state index is 5.95. The van der Waals surface area contributed by atoms with Crippen LogP contribution in [-0.4, -0.2) is 21.8 Å². The first-order chi connectivity index (χ1) is 6.68. The standard InChI is InChI=1S/C9H14ClN3S/c1-6-3-4-13(5-7(6)2)9-8(10)11-14-12-9/h6-7H,3-5H2,1-2H3. The quantitative estimate of drug-likeness (QED) is 0.744. The lowest BCUT2D eigenvalue weighted by atomic mass is 9.89. The van der Waals surface area contributed by atoms with Gasteiger partial charge < -0.3 is 4.90 Å². The highest BCUT2D eigenvalue weighted by molar-refractivity contribution is 6.99. The molecule has 1 saturated heterocycles. The molecule has 2 unspecified atom stereocenters. The van der Waals surface area contributed by atoms with Crippen molar-refractivity contribution in [3.05, 3.63) is 5.15 Å². The van der Waals surface area contributed by atoms with Crippen molar-refractivity contribution in [2.45, 2.75) is 20.3 Å². The van der Waals surface area contributed by atoms with E-state index in [1.54, 1.807) is 0 Å². The van der Waals surface area contributed by atoms with Crippen molar-refractivity contribution in [2.75, 3.05) is 18.0 Å².